The summed E-state index contributed by atoms with van der Waals surface area (Å²) >= 11 is 0. The van der Waals surface area contributed by atoms with E-state index >= 15 is 0 Å². The van der Waals surface area contributed by atoms with E-state index in [9.17, 15) is 9.59 Å². The first-order valence-electron chi connectivity index (χ1n) is 5.95. The van der Waals surface area contributed by atoms with Gasteiger partial charge in [-0.1, -0.05) is 0 Å². The summed E-state index contributed by atoms with van der Waals surface area (Å²) in [5, 5.41) is 6.48. The van der Waals surface area contributed by atoms with Gasteiger partial charge in [0.05, 0.1) is 13.7 Å². The number of methoxy groups -OCH3 is 1. The number of ether oxygens (including phenoxy) is 1. The SMILES string of the molecule is COc1cccnc1CNC(=O)Cn1ncn(C)c1=O. The Morgan fingerprint density at radius 3 is 2.95 bits per heavy atom. The Morgan fingerprint density at radius 2 is 2.30 bits per heavy atom. The minimum absolute atomic E-state index is 0.130. The molecule has 0 saturated heterocycles. The lowest BCUT2D eigenvalue weighted by Gasteiger charge is -2.08. The van der Waals surface area contributed by atoms with Crippen LogP contribution >= 0.6 is 0 Å². The zero-order valence-electron chi connectivity index (χ0n) is 11.2. The molecule has 0 aliphatic heterocycles. The third-order valence-electron chi connectivity index (χ3n) is 2.70. The first-order chi connectivity index (χ1) is 9.61. The van der Waals surface area contributed by atoms with Gasteiger partial charge in [-0.15, -0.1) is 0 Å². The highest BCUT2D eigenvalue weighted by Gasteiger charge is 2.09. The highest BCUT2D eigenvalue weighted by molar-refractivity contribution is 5.75. The maximum absolute atomic E-state index is 11.8. The molecule has 0 aliphatic rings. The maximum Gasteiger partial charge on any atom is 0.345 e. The van der Waals surface area contributed by atoms with Crippen LogP contribution in [-0.2, 0) is 24.9 Å². The van der Waals surface area contributed by atoms with Gasteiger partial charge < -0.3 is 10.1 Å². The van der Waals surface area contributed by atoms with Crippen molar-refractivity contribution in [1.82, 2.24) is 24.6 Å². The molecule has 0 radical (unpaired) electrons. The predicted octanol–water partition coefficient (Wildman–Crippen LogP) is -0.698. The second kappa shape index (κ2) is 6.00. The number of carbonyl (C=O) groups excluding carboxylic acids is 1. The molecule has 106 valence electrons. The van der Waals surface area contributed by atoms with Crippen molar-refractivity contribution in [3.05, 3.63) is 40.8 Å². The van der Waals surface area contributed by atoms with E-state index in [2.05, 4.69) is 15.4 Å². The Bertz CT molecular complexity index is 661. The summed E-state index contributed by atoms with van der Waals surface area (Å²) in [5.74, 6) is 0.279. The molecular formula is C12H15N5O3. The average Bonchev–Trinajstić information content (AvgIpc) is 2.77. The van der Waals surface area contributed by atoms with E-state index in [0.717, 1.165) is 4.68 Å². The quantitative estimate of drug-likeness (QED) is 0.780. The molecule has 0 unspecified atom stereocenters. The van der Waals surface area contributed by atoms with Crippen LogP contribution in [0.3, 0.4) is 0 Å². The lowest BCUT2D eigenvalue weighted by Crippen LogP contribution is -2.33. The van der Waals surface area contributed by atoms with E-state index in [1.165, 1.54) is 18.0 Å². The maximum atomic E-state index is 11.8. The second-order valence-electron chi connectivity index (χ2n) is 4.11. The molecule has 8 nitrogen and oxygen atoms in total. The molecule has 0 aromatic carbocycles. The summed E-state index contributed by atoms with van der Waals surface area (Å²) in [6, 6.07) is 3.51. The molecule has 0 aliphatic carbocycles. The van der Waals surface area contributed by atoms with Gasteiger partial charge in [0.1, 0.15) is 24.3 Å². The average molecular weight is 277 g/mol. The van der Waals surface area contributed by atoms with Crippen molar-refractivity contribution in [3.63, 3.8) is 0 Å². The van der Waals surface area contributed by atoms with E-state index in [0.29, 0.717) is 11.4 Å². The van der Waals surface area contributed by atoms with Crippen LogP contribution in [0.4, 0.5) is 0 Å². The van der Waals surface area contributed by atoms with Crippen molar-refractivity contribution < 1.29 is 9.53 Å². The summed E-state index contributed by atoms with van der Waals surface area (Å²) < 4.78 is 7.52. The van der Waals surface area contributed by atoms with Crippen molar-refractivity contribution >= 4 is 5.91 Å². The molecule has 0 atom stereocenters. The number of aromatic nitrogens is 4. The lowest BCUT2D eigenvalue weighted by molar-refractivity contribution is -0.122. The zero-order chi connectivity index (χ0) is 14.5. The van der Waals surface area contributed by atoms with Gasteiger partial charge in [-0.25, -0.2) is 9.48 Å². The van der Waals surface area contributed by atoms with Crippen LogP contribution in [0, 0.1) is 0 Å². The Morgan fingerprint density at radius 1 is 1.50 bits per heavy atom. The van der Waals surface area contributed by atoms with E-state index < -0.39 is 0 Å². The van der Waals surface area contributed by atoms with Crippen LogP contribution in [-0.4, -0.2) is 32.3 Å². The molecule has 0 fully saturated rings. The lowest BCUT2D eigenvalue weighted by atomic mass is 10.3. The van der Waals surface area contributed by atoms with Crippen LogP contribution in [0.5, 0.6) is 5.75 Å². The Hall–Kier alpha value is -2.64. The van der Waals surface area contributed by atoms with Crippen molar-refractivity contribution in [2.24, 2.45) is 7.05 Å². The van der Waals surface area contributed by atoms with Crippen LogP contribution in [0.1, 0.15) is 5.69 Å². The summed E-state index contributed by atoms with van der Waals surface area (Å²) in [7, 11) is 3.11. The molecule has 2 aromatic rings. The van der Waals surface area contributed by atoms with Crippen molar-refractivity contribution in [2.45, 2.75) is 13.1 Å². The topological polar surface area (TPSA) is 91.0 Å². The largest absolute Gasteiger partial charge is 0.495 e. The standard InChI is InChI=1S/C12H15N5O3/c1-16-8-15-17(12(16)19)7-11(18)14-6-9-10(20-2)4-3-5-13-9/h3-5,8H,6-7H2,1-2H3,(H,14,18). The van der Waals surface area contributed by atoms with E-state index in [1.807, 2.05) is 0 Å². The number of pyridine rings is 1. The number of carbonyl (C=O) groups is 1. The van der Waals surface area contributed by atoms with Gasteiger partial charge >= 0.3 is 5.69 Å². The smallest absolute Gasteiger partial charge is 0.345 e. The molecule has 1 amide bonds. The Balaban J connectivity index is 1.96. The third-order valence-corrected chi connectivity index (χ3v) is 2.70. The van der Waals surface area contributed by atoms with Gasteiger partial charge in [0.15, 0.2) is 0 Å². The van der Waals surface area contributed by atoms with Crippen molar-refractivity contribution in [3.8, 4) is 5.75 Å². The van der Waals surface area contributed by atoms with Gasteiger partial charge in [0.25, 0.3) is 0 Å². The van der Waals surface area contributed by atoms with Crippen LogP contribution in [0.2, 0.25) is 0 Å². The number of aryl methyl sites for hydroxylation is 1. The molecular weight excluding hydrogens is 262 g/mol. The minimum atomic E-state index is -0.337. The first kappa shape index (κ1) is 13.8. The van der Waals surface area contributed by atoms with Crippen LogP contribution in [0.15, 0.2) is 29.5 Å². The number of hydrogen-bond donors (Lipinski definition) is 1. The minimum Gasteiger partial charge on any atom is -0.495 e. The Labute approximate surface area is 115 Å². The second-order valence-corrected chi connectivity index (χ2v) is 4.11. The molecule has 0 saturated carbocycles. The number of amides is 1. The molecule has 2 rings (SSSR count). The third kappa shape index (κ3) is 3.02. The summed E-state index contributed by atoms with van der Waals surface area (Å²) in [6.45, 7) is 0.0965. The van der Waals surface area contributed by atoms with E-state index in [1.54, 1.807) is 25.4 Å². The molecule has 1 N–H and O–H groups in total. The fraction of sp³-hybridized carbons (Fsp3) is 0.333. The number of hydrogen-bond acceptors (Lipinski definition) is 5. The van der Waals surface area contributed by atoms with E-state index in [4.69, 9.17) is 4.74 Å². The molecule has 0 bridgehead atoms. The fourth-order valence-electron chi connectivity index (χ4n) is 1.65. The van der Waals surface area contributed by atoms with Gasteiger partial charge in [0.2, 0.25) is 5.91 Å². The first-order valence-corrected chi connectivity index (χ1v) is 5.95. The number of nitrogens with one attached hydrogen (secondary N) is 1. The Kier molecular flexibility index (Phi) is 4.14. The van der Waals surface area contributed by atoms with E-state index in [-0.39, 0.29) is 24.7 Å². The zero-order valence-corrected chi connectivity index (χ0v) is 11.2. The van der Waals surface area contributed by atoms with Crippen molar-refractivity contribution in [2.75, 3.05) is 7.11 Å². The highest BCUT2D eigenvalue weighted by atomic mass is 16.5. The fourth-order valence-corrected chi connectivity index (χ4v) is 1.65. The monoisotopic (exact) mass is 277 g/mol. The van der Waals surface area contributed by atoms with Gasteiger partial charge in [-0.05, 0) is 12.1 Å². The molecule has 8 heteroatoms. The molecule has 2 heterocycles. The van der Waals surface area contributed by atoms with Crippen molar-refractivity contribution in [1.29, 1.82) is 0 Å². The number of rotatable bonds is 5. The predicted molar refractivity (Wildman–Crippen MR) is 70.1 cm³/mol. The normalized spacial score (nSPS) is 10.3. The van der Waals surface area contributed by atoms with Gasteiger partial charge in [-0.2, -0.15) is 5.10 Å². The summed E-state index contributed by atoms with van der Waals surface area (Å²) in [6.07, 6.45) is 2.98. The van der Waals surface area contributed by atoms with Gasteiger partial charge in [-0.3, -0.25) is 14.3 Å². The summed E-state index contributed by atoms with van der Waals surface area (Å²) in [4.78, 5) is 27.4. The summed E-state index contributed by atoms with van der Waals surface area (Å²) in [5.41, 5.74) is 0.285. The number of nitrogens with zero attached hydrogens (tertiary/aromatic N) is 4. The highest BCUT2D eigenvalue weighted by Crippen LogP contribution is 2.13. The molecule has 20 heavy (non-hydrogen) atoms. The molecule has 0 spiro atoms. The van der Waals surface area contributed by atoms with Gasteiger partial charge in [0, 0.05) is 13.2 Å². The van der Waals surface area contributed by atoms with Crippen LogP contribution < -0.4 is 15.7 Å². The van der Waals surface area contributed by atoms with Crippen LogP contribution in [0.25, 0.3) is 0 Å². The molecule has 2 aromatic heterocycles.